The number of methoxy groups -OCH3 is 1. The molecule has 1 unspecified atom stereocenters. The molecule has 3 aromatic rings. The summed E-state index contributed by atoms with van der Waals surface area (Å²) in [5, 5.41) is 3.01. The molecule has 1 N–H and O–H groups in total. The predicted octanol–water partition coefficient (Wildman–Crippen LogP) is 4.81. The minimum absolute atomic E-state index is 0.110. The van der Waals surface area contributed by atoms with Crippen LogP contribution in [0.2, 0.25) is 5.02 Å². The second kappa shape index (κ2) is 12.2. The highest BCUT2D eigenvalue weighted by Crippen LogP contribution is 2.23. The van der Waals surface area contributed by atoms with Gasteiger partial charge in [0, 0.05) is 30.1 Å². The Morgan fingerprint density at radius 3 is 2.41 bits per heavy atom. The summed E-state index contributed by atoms with van der Waals surface area (Å²) in [5.74, 6) is -0.594. The van der Waals surface area contributed by atoms with Gasteiger partial charge in [-0.3, -0.25) is 9.59 Å². The van der Waals surface area contributed by atoms with Gasteiger partial charge in [-0.2, -0.15) is 0 Å². The van der Waals surface area contributed by atoms with Crippen LogP contribution in [-0.2, 0) is 29.0 Å². The molecule has 3 rings (SSSR count). The van der Waals surface area contributed by atoms with E-state index in [4.69, 9.17) is 16.3 Å². The van der Waals surface area contributed by atoms with Gasteiger partial charge in [0.1, 0.15) is 17.6 Å². The van der Waals surface area contributed by atoms with E-state index in [1.807, 2.05) is 55.5 Å². The fourth-order valence-electron chi connectivity index (χ4n) is 3.77. The van der Waals surface area contributed by atoms with Crippen molar-refractivity contribution in [3.8, 4) is 5.75 Å². The van der Waals surface area contributed by atoms with E-state index in [9.17, 15) is 14.0 Å². The van der Waals surface area contributed by atoms with Gasteiger partial charge in [0.2, 0.25) is 11.8 Å². The van der Waals surface area contributed by atoms with Gasteiger partial charge in [0.25, 0.3) is 0 Å². The van der Waals surface area contributed by atoms with E-state index in [2.05, 4.69) is 5.32 Å². The van der Waals surface area contributed by atoms with Gasteiger partial charge >= 0.3 is 0 Å². The Morgan fingerprint density at radius 1 is 1.03 bits per heavy atom. The average molecular weight is 483 g/mol. The number of ether oxygens (including phenoxy) is 1. The summed E-state index contributed by atoms with van der Waals surface area (Å²) in [7, 11) is 1.56. The molecule has 0 spiro atoms. The molecule has 3 aromatic carbocycles. The first-order valence-corrected chi connectivity index (χ1v) is 11.5. The highest BCUT2D eigenvalue weighted by molar-refractivity contribution is 6.31. The van der Waals surface area contributed by atoms with Crippen LogP contribution in [0.1, 0.15) is 23.6 Å². The van der Waals surface area contributed by atoms with E-state index in [-0.39, 0.29) is 29.5 Å². The number of carbonyl (C=O) groups is 2. The van der Waals surface area contributed by atoms with Gasteiger partial charge in [-0.05, 0) is 42.3 Å². The first kappa shape index (κ1) is 25.2. The topological polar surface area (TPSA) is 58.6 Å². The number of rotatable bonds is 10. The Hall–Kier alpha value is -3.38. The predicted molar refractivity (Wildman–Crippen MR) is 131 cm³/mol. The molecule has 0 aliphatic carbocycles. The van der Waals surface area contributed by atoms with Crippen LogP contribution in [0.4, 0.5) is 4.39 Å². The lowest BCUT2D eigenvalue weighted by Crippen LogP contribution is -2.51. The quantitative estimate of drug-likeness (QED) is 0.451. The van der Waals surface area contributed by atoms with Crippen LogP contribution in [0.25, 0.3) is 0 Å². The third-order valence-corrected chi connectivity index (χ3v) is 5.85. The highest BCUT2D eigenvalue weighted by atomic mass is 35.5. The molecule has 0 radical (unpaired) electrons. The molecule has 34 heavy (non-hydrogen) atoms. The number of likely N-dealkylation sites (N-methyl/N-ethyl adjacent to an activating group) is 1. The Kier molecular flexibility index (Phi) is 9.05. The van der Waals surface area contributed by atoms with Crippen molar-refractivity contribution >= 4 is 23.4 Å². The summed E-state index contributed by atoms with van der Waals surface area (Å²) in [6.45, 7) is 2.39. The van der Waals surface area contributed by atoms with Crippen LogP contribution in [-0.4, -0.2) is 36.4 Å². The molecule has 0 saturated carbocycles. The van der Waals surface area contributed by atoms with E-state index >= 15 is 0 Å². The number of carbonyl (C=O) groups excluding carboxylic acids is 2. The molecular formula is C27H28ClFN2O3. The van der Waals surface area contributed by atoms with Crippen LogP contribution >= 0.6 is 11.6 Å². The molecule has 7 heteroatoms. The first-order chi connectivity index (χ1) is 16.4. The van der Waals surface area contributed by atoms with Crippen LogP contribution in [0, 0.1) is 5.82 Å². The molecule has 0 aliphatic heterocycles. The summed E-state index contributed by atoms with van der Waals surface area (Å²) in [4.78, 5) is 28.3. The lowest BCUT2D eigenvalue weighted by atomic mass is 10.0. The Bertz CT molecular complexity index is 1100. The summed E-state index contributed by atoms with van der Waals surface area (Å²) in [5.41, 5.74) is 1.81. The average Bonchev–Trinajstić information content (AvgIpc) is 2.84. The Labute approximate surface area is 204 Å². The molecule has 0 saturated heterocycles. The SMILES string of the molecule is CCNC(=O)C(Cc1ccccc1)N(Cc1cccc(OC)c1)C(=O)Cc1c(F)cccc1Cl. The van der Waals surface area contributed by atoms with Crippen molar-refractivity contribution in [2.75, 3.05) is 13.7 Å². The highest BCUT2D eigenvalue weighted by Gasteiger charge is 2.31. The van der Waals surface area contributed by atoms with Crippen LogP contribution in [0.3, 0.4) is 0 Å². The fourth-order valence-corrected chi connectivity index (χ4v) is 4.00. The second-order valence-corrected chi connectivity index (χ2v) is 8.26. The first-order valence-electron chi connectivity index (χ1n) is 11.1. The van der Waals surface area contributed by atoms with E-state index in [0.717, 1.165) is 11.1 Å². The largest absolute Gasteiger partial charge is 0.497 e. The van der Waals surface area contributed by atoms with Gasteiger partial charge in [0.05, 0.1) is 13.5 Å². The van der Waals surface area contributed by atoms with Gasteiger partial charge in [-0.25, -0.2) is 4.39 Å². The van der Waals surface area contributed by atoms with E-state index < -0.39 is 17.8 Å². The van der Waals surface area contributed by atoms with Crippen molar-refractivity contribution < 1.29 is 18.7 Å². The zero-order chi connectivity index (χ0) is 24.5. The molecule has 0 fully saturated rings. The molecule has 0 aromatic heterocycles. The van der Waals surface area contributed by atoms with Crippen molar-refractivity contribution in [2.45, 2.75) is 32.4 Å². The van der Waals surface area contributed by atoms with Crippen molar-refractivity contribution in [3.63, 3.8) is 0 Å². The molecule has 1 atom stereocenters. The standard InChI is InChI=1S/C27H28ClFN2O3/c1-3-30-27(33)25(16-19-9-5-4-6-10-19)31(18-20-11-7-12-21(15-20)34-2)26(32)17-22-23(28)13-8-14-24(22)29/h4-15,25H,3,16-18H2,1-2H3,(H,30,33). The molecule has 0 aliphatic rings. The summed E-state index contributed by atoms with van der Waals surface area (Å²) in [6.07, 6.45) is 0.0492. The zero-order valence-corrected chi connectivity index (χ0v) is 20.0. The number of benzene rings is 3. The van der Waals surface area contributed by atoms with Crippen LogP contribution in [0.5, 0.6) is 5.75 Å². The molecular weight excluding hydrogens is 455 g/mol. The molecule has 0 bridgehead atoms. The number of hydrogen-bond acceptors (Lipinski definition) is 3. The van der Waals surface area contributed by atoms with Crippen LogP contribution < -0.4 is 10.1 Å². The van der Waals surface area contributed by atoms with Crippen molar-refractivity contribution in [3.05, 3.63) is 100 Å². The molecule has 2 amide bonds. The summed E-state index contributed by atoms with van der Waals surface area (Å²) < 4.78 is 19.8. The monoisotopic (exact) mass is 482 g/mol. The second-order valence-electron chi connectivity index (χ2n) is 7.85. The van der Waals surface area contributed by atoms with Gasteiger partial charge in [0.15, 0.2) is 0 Å². The third-order valence-electron chi connectivity index (χ3n) is 5.50. The lowest BCUT2D eigenvalue weighted by molar-refractivity contribution is -0.140. The Morgan fingerprint density at radius 2 is 1.74 bits per heavy atom. The number of hydrogen-bond donors (Lipinski definition) is 1. The van der Waals surface area contributed by atoms with E-state index in [1.54, 1.807) is 19.2 Å². The summed E-state index contributed by atoms with van der Waals surface area (Å²) >= 11 is 6.19. The van der Waals surface area contributed by atoms with Crippen molar-refractivity contribution in [1.29, 1.82) is 0 Å². The normalized spacial score (nSPS) is 11.5. The van der Waals surface area contributed by atoms with E-state index in [0.29, 0.717) is 18.7 Å². The molecule has 178 valence electrons. The van der Waals surface area contributed by atoms with E-state index in [1.165, 1.54) is 17.0 Å². The van der Waals surface area contributed by atoms with Crippen LogP contribution in [0.15, 0.2) is 72.8 Å². The van der Waals surface area contributed by atoms with Crippen molar-refractivity contribution in [1.82, 2.24) is 10.2 Å². The molecule has 0 heterocycles. The number of nitrogens with zero attached hydrogens (tertiary/aromatic N) is 1. The van der Waals surface area contributed by atoms with Gasteiger partial charge < -0.3 is 15.0 Å². The van der Waals surface area contributed by atoms with Gasteiger partial charge in [-0.15, -0.1) is 0 Å². The maximum atomic E-state index is 14.5. The Balaban J connectivity index is 2.00. The third kappa shape index (κ3) is 6.58. The maximum absolute atomic E-state index is 14.5. The zero-order valence-electron chi connectivity index (χ0n) is 19.3. The maximum Gasteiger partial charge on any atom is 0.243 e. The number of amides is 2. The minimum Gasteiger partial charge on any atom is -0.497 e. The smallest absolute Gasteiger partial charge is 0.243 e. The number of nitrogens with one attached hydrogen (secondary N) is 1. The van der Waals surface area contributed by atoms with Gasteiger partial charge in [-0.1, -0.05) is 60.1 Å². The minimum atomic E-state index is -0.799. The number of halogens is 2. The summed E-state index contributed by atoms with van der Waals surface area (Å²) in [6, 6.07) is 20.3. The lowest BCUT2D eigenvalue weighted by Gasteiger charge is -2.31. The fraction of sp³-hybridized carbons (Fsp3) is 0.259. The molecule has 5 nitrogen and oxygen atoms in total. The van der Waals surface area contributed by atoms with Crippen molar-refractivity contribution in [2.24, 2.45) is 0 Å².